The van der Waals surface area contributed by atoms with Crippen LogP contribution in [0.25, 0.3) is 17.1 Å². The minimum Gasteiger partial charge on any atom is -0.506 e. The number of aromatic nitrogens is 2. The minimum atomic E-state index is 0.280. The maximum absolute atomic E-state index is 9.83. The van der Waals surface area contributed by atoms with Gasteiger partial charge >= 0.3 is 0 Å². The summed E-state index contributed by atoms with van der Waals surface area (Å²) in [5, 5.41) is 19.3. The molecule has 6 heteroatoms. The smallest absolute Gasteiger partial charge is 0.142 e. The normalized spacial score (nSPS) is 11.6. The molecule has 0 amide bonds. The van der Waals surface area contributed by atoms with Crippen LogP contribution in [0.1, 0.15) is 5.56 Å². The number of para-hydroxylation sites is 2. The molecule has 3 aromatic rings. The van der Waals surface area contributed by atoms with Crippen molar-refractivity contribution < 1.29 is 5.11 Å². The summed E-state index contributed by atoms with van der Waals surface area (Å²) in [4.78, 5) is 4.34. The second kappa shape index (κ2) is 6.88. The first-order valence-electron chi connectivity index (χ1n) is 6.77. The number of aromatic hydroxyl groups is 1. The lowest BCUT2D eigenvalue weighted by molar-refractivity contribution is 0.467. The monoisotopic (exact) mass is 527 g/mol. The molecule has 0 spiro atoms. The van der Waals surface area contributed by atoms with Gasteiger partial charge in [0.2, 0.25) is 0 Å². The predicted molar refractivity (Wildman–Crippen MR) is 107 cm³/mol. The lowest BCUT2D eigenvalue weighted by Crippen LogP contribution is -1.98. The molecule has 0 aliphatic heterocycles. The van der Waals surface area contributed by atoms with Crippen LogP contribution in [0.15, 0.2) is 48.3 Å². The molecule has 0 aliphatic carbocycles. The number of phenols is 1. The second-order valence-corrected chi connectivity index (χ2v) is 7.30. The molecule has 0 fully saturated rings. The maximum Gasteiger partial charge on any atom is 0.142 e. The third-order valence-electron chi connectivity index (χ3n) is 3.39. The standard InChI is InChI=1S/C17H11I2N3O/c18-13-6-11(7-14(19)17(13)23)5-12(8-20)9-22-10-21-15-3-1-2-4-16(15)22/h1-7,10,23H,9H2/b12-5-. The number of hydrogen-bond donors (Lipinski definition) is 1. The van der Waals surface area contributed by atoms with Crippen LogP contribution in [0.3, 0.4) is 0 Å². The number of imidazole rings is 1. The summed E-state index contributed by atoms with van der Waals surface area (Å²) >= 11 is 4.17. The number of phenolic OH excluding ortho intramolecular Hbond substituents is 1. The third-order valence-corrected chi connectivity index (χ3v) is 5.04. The van der Waals surface area contributed by atoms with Crippen molar-refractivity contribution in [3.05, 3.63) is 61.0 Å². The number of nitriles is 1. The van der Waals surface area contributed by atoms with E-state index >= 15 is 0 Å². The Morgan fingerprint density at radius 3 is 2.65 bits per heavy atom. The fourth-order valence-corrected chi connectivity index (χ4v) is 4.12. The molecule has 0 aliphatic rings. The number of nitrogens with zero attached hydrogens (tertiary/aromatic N) is 3. The van der Waals surface area contributed by atoms with Crippen molar-refractivity contribution in [3.8, 4) is 11.8 Å². The zero-order valence-corrected chi connectivity index (χ0v) is 16.2. The van der Waals surface area contributed by atoms with Crippen molar-refractivity contribution in [2.45, 2.75) is 6.54 Å². The van der Waals surface area contributed by atoms with Crippen molar-refractivity contribution in [2.24, 2.45) is 0 Å². The van der Waals surface area contributed by atoms with Crippen LogP contribution in [0.5, 0.6) is 5.75 Å². The molecule has 23 heavy (non-hydrogen) atoms. The van der Waals surface area contributed by atoms with E-state index in [0.29, 0.717) is 12.1 Å². The third kappa shape index (κ3) is 3.50. The van der Waals surface area contributed by atoms with Gasteiger partial charge in [-0.3, -0.25) is 0 Å². The summed E-state index contributed by atoms with van der Waals surface area (Å²) in [5.74, 6) is 0.280. The fourth-order valence-electron chi connectivity index (χ4n) is 2.30. The van der Waals surface area contributed by atoms with Crippen LogP contribution >= 0.6 is 45.2 Å². The lowest BCUT2D eigenvalue weighted by atomic mass is 10.1. The molecular weight excluding hydrogens is 516 g/mol. The van der Waals surface area contributed by atoms with Crippen molar-refractivity contribution in [3.63, 3.8) is 0 Å². The number of hydrogen-bond acceptors (Lipinski definition) is 3. The number of halogens is 2. The van der Waals surface area contributed by atoms with Crippen LogP contribution in [-0.4, -0.2) is 14.7 Å². The lowest BCUT2D eigenvalue weighted by Gasteiger charge is -2.05. The average molecular weight is 527 g/mol. The van der Waals surface area contributed by atoms with Crippen LogP contribution in [0.4, 0.5) is 0 Å². The molecule has 0 saturated carbocycles. The summed E-state index contributed by atoms with van der Waals surface area (Å²) in [6.07, 6.45) is 3.60. The molecule has 114 valence electrons. The Kier molecular flexibility index (Phi) is 4.87. The molecule has 0 saturated heterocycles. The Balaban J connectivity index is 1.96. The number of allylic oxidation sites excluding steroid dienone is 1. The quantitative estimate of drug-likeness (QED) is 0.402. The topological polar surface area (TPSA) is 61.8 Å². The van der Waals surface area contributed by atoms with Gasteiger partial charge < -0.3 is 9.67 Å². The highest BCUT2D eigenvalue weighted by Gasteiger charge is 2.07. The van der Waals surface area contributed by atoms with E-state index in [1.54, 1.807) is 6.33 Å². The van der Waals surface area contributed by atoms with Crippen molar-refractivity contribution in [1.29, 1.82) is 5.26 Å². The predicted octanol–water partition coefficient (Wildman–Crippen LogP) is 4.56. The highest BCUT2D eigenvalue weighted by molar-refractivity contribution is 14.1. The molecule has 0 radical (unpaired) electrons. The van der Waals surface area contributed by atoms with Gasteiger partial charge in [-0.05, 0) is 81.1 Å². The van der Waals surface area contributed by atoms with Gasteiger partial charge in [0.05, 0.1) is 37.1 Å². The minimum absolute atomic E-state index is 0.280. The van der Waals surface area contributed by atoms with Crippen molar-refractivity contribution >= 4 is 62.3 Å². The van der Waals surface area contributed by atoms with E-state index in [2.05, 4.69) is 56.2 Å². The number of rotatable bonds is 3. The number of fused-ring (bicyclic) bond motifs is 1. The van der Waals surface area contributed by atoms with Crippen LogP contribution in [0, 0.1) is 18.5 Å². The Morgan fingerprint density at radius 2 is 1.96 bits per heavy atom. The Hall–Kier alpha value is -1.60. The molecule has 0 unspecified atom stereocenters. The highest BCUT2D eigenvalue weighted by atomic mass is 127. The van der Waals surface area contributed by atoms with E-state index in [4.69, 9.17) is 0 Å². The van der Waals surface area contributed by atoms with Gasteiger partial charge in [0.1, 0.15) is 5.75 Å². The first-order valence-corrected chi connectivity index (χ1v) is 8.93. The Bertz CT molecular complexity index is 931. The van der Waals surface area contributed by atoms with Crippen LogP contribution < -0.4 is 0 Å². The molecule has 2 aromatic carbocycles. The average Bonchev–Trinajstić information content (AvgIpc) is 2.95. The van der Waals surface area contributed by atoms with Crippen molar-refractivity contribution in [2.75, 3.05) is 0 Å². The Morgan fingerprint density at radius 1 is 1.26 bits per heavy atom. The molecule has 3 rings (SSSR count). The fraction of sp³-hybridized carbons (Fsp3) is 0.0588. The summed E-state index contributed by atoms with van der Waals surface area (Å²) in [6.45, 7) is 0.463. The summed E-state index contributed by atoms with van der Waals surface area (Å²) in [6, 6.07) is 13.8. The molecule has 0 bridgehead atoms. The van der Waals surface area contributed by atoms with E-state index in [-0.39, 0.29) is 5.75 Å². The SMILES string of the molecule is N#C/C(=C/c1cc(I)c(O)c(I)c1)Cn1cnc2ccccc21. The molecule has 4 nitrogen and oxygen atoms in total. The van der Waals surface area contributed by atoms with Gasteiger partial charge in [-0.1, -0.05) is 12.1 Å². The highest BCUT2D eigenvalue weighted by Crippen LogP contribution is 2.28. The van der Waals surface area contributed by atoms with Gasteiger partial charge in [0.15, 0.2) is 0 Å². The van der Waals surface area contributed by atoms with E-state index in [1.807, 2.05) is 47.0 Å². The molecule has 1 aromatic heterocycles. The van der Waals surface area contributed by atoms with Gasteiger partial charge in [0.25, 0.3) is 0 Å². The van der Waals surface area contributed by atoms with E-state index < -0.39 is 0 Å². The van der Waals surface area contributed by atoms with Gasteiger partial charge in [-0.25, -0.2) is 4.98 Å². The van der Waals surface area contributed by atoms with Crippen LogP contribution in [0.2, 0.25) is 0 Å². The molecular formula is C17H11I2N3O. The summed E-state index contributed by atoms with van der Waals surface area (Å²) < 4.78 is 3.50. The van der Waals surface area contributed by atoms with Crippen molar-refractivity contribution in [1.82, 2.24) is 9.55 Å². The van der Waals surface area contributed by atoms with Gasteiger partial charge in [-0.2, -0.15) is 5.26 Å². The van der Waals surface area contributed by atoms with E-state index in [1.165, 1.54) is 0 Å². The molecule has 0 atom stereocenters. The summed E-state index contributed by atoms with van der Waals surface area (Å²) in [5.41, 5.74) is 3.45. The van der Waals surface area contributed by atoms with E-state index in [0.717, 1.165) is 23.7 Å². The summed E-state index contributed by atoms with van der Waals surface area (Å²) in [7, 11) is 0. The zero-order valence-electron chi connectivity index (χ0n) is 11.9. The first kappa shape index (κ1) is 16.3. The molecule has 1 heterocycles. The largest absolute Gasteiger partial charge is 0.506 e. The van der Waals surface area contributed by atoms with Gasteiger partial charge in [0, 0.05) is 5.57 Å². The second-order valence-electron chi connectivity index (χ2n) is 4.98. The Labute approximate surface area is 160 Å². The first-order chi connectivity index (χ1) is 11.1. The maximum atomic E-state index is 9.83. The van der Waals surface area contributed by atoms with Gasteiger partial charge in [-0.15, -0.1) is 0 Å². The molecule has 1 N–H and O–H groups in total. The number of benzene rings is 2. The van der Waals surface area contributed by atoms with Crippen LogP contribution in [-0.2, 0) is 6.54 Å². The zero-order chi connectivity index (χ0) is 16.4. The van der Waals surface area contributed by atoms with E-state index in [9.17, 15) is 10.4 Å².